The molecular weight excluding hydrogens is 565 g/mol. The zero-order chi connectivity index (χ0) is 29.4. The molecule has 0 aliphatic carbocycles. The summed E-state index contributed by atoms with van der Waals surface area (Å²) in [6.45, 7) is 6.65. The SMILES string of the molecule is CCOC(=O)[C@H](Cc1ccc(-c2c(OC)cc(CN3CCNCC3)cc2OC)cc1)NC(=O)c1c(Cl)cccc1Cl. The van der Waals surface area contributed by atoms with Gasteiger partial charge in [-0.05, 0) is 47.9 Å². The third-order valence-corrected chi connectivity index (χ3v) is 7.56. The van der Waals surface area contributed by atoms with Crippen LogP contribution in [0.15, 0.2) is 54.6 Å². The molecule has 1 fully saturated rings. The van der Waals surface area contributed by atoms with Gasteiger partial charge in [-0.3, -0.25) is 9.69 Å². The van der Waals surface area contributed by atoms with E-state index < -0.39 is 17.9 Å². The minimum absolute atomic E-state index is 0.111. The molecule has 2 N–H and O–H groups in total. The second-order valence-electron chi connectivity index (χ2n) is 9.68. The lowest BCUT2D eigenvalue weighted by atomic mass is 9.97. The highest BCUT2D eigenvalue weighted by Crippen LogP contribution is 2.40. The van der Waals surface area contributed by atoms with Gasteiger partial charge in [0, 0.05) is 39.1 Å². The highest BCUT2D eigenvalue weighted by Gasteiger charge is 2.26. The van der Waals surface area contributed by atoms with Gasteiger partial charge in [0.2, 0.25) is 0 Å². The van der Waals surface area contributed by atoms with Crippen LogP contribution in [0.4, 0.5) is 0 Å². The minimum Gasteiger partial charge on any atom is -0.496 e. The molecule has 3 aromatic rings. The van der Waals surface area contributed by atoms with Gasteiger partial charge in [-0.15, -0.1) is 0 Å². The van der Waals surface area contributed by atoms with Crippen molar-refractivity contribution in [3.63, 3.8) is 0 Å². The molecule has 0 spiro atoms. The molecular formula is C31H35Cl2N3O5. The first-order chi connectivity index (χ1) is 19.8. The third kappa shape index (κ3) is 7.71. The predicted molar refractivity (Wildman–Crippen MR) is 161 cm³/mol. The van der Waals surface area contributed by atoms with Gasteiger partial charge in [0.15, 0.2) is 0 Å². The van der Waals surface area contributed by atoms with E-state index in [4.69, 9.17) is 37.4 Å². The van der Waals surface area contributed by atoms with Crippen LogP contribution >= 0.6 is 23.2 Å². The van der Waals surface area contributed by atoms with E-state index in [-0.39, 0.29) is 28.6 Å². The minimum atomic E-state index is -0.936. The Kier molecular flexibility index (Phi) is 10.9. The largest absolute Gasteiger partial charge is 0.496 e. The monoisotopic (exact) mass is 599 g/mol. The van der Waals surface area contributed by atoms with Crippen LogP contribution in [0, 0.1) is 0 Å². The number of methoxy groups -OCH3 is 2. The topological polar surface area (TPSA) is 89.1 Å². The van der Waals surface area contributed by atoms with Crippen LogP contribution in [-0.2, 0) is 22.5 Å². The van der Waals surface area contributed by atoms with Gasteiger partial charge in [-0.25, -0.2) is 4.79 Å². The van der Waals surface area contributed by atoms with Gasteiger partial charge in [0.25, 0.3) is 5.91 Å². The molecule has 0 aromatic heterocycles. The molecule has 0 unspecified atom stereocenters. The molecule has 0 radical (unpaired) electrons. The lowest BCUT2D eigenvalue weighted by molar-refractivity contribution is -0.145. The molecule has 0 saturated carbocycles. The van der Waals surface area contributed by atoms with Crippen molar-refractivity contribution in [3.8, 4) is 22.6 Å². The van der Waals surface area contributed by atoms with Crippen LogP contribution in [0.1, 0.15) is 28.4 Å². The average Bonchev–Trinajstić information content (AvgIpc) is 2.97. The summed E-state index contributed by atoms with van der Waals surface area (Å²) < 4.78 is 16.8. The molecule has 1 aliphatic heterocycles. The third-order valence-electron chi connectivity index (χ3n) is 6.93. The molecule has 3 aromatic carbocycles. The Morgan fingerprint density at radius 2 is 1.56 bits per heavy atom. The van der Waals surface area contributed by atoms with Gasteiger partial charge in [0.05, 0.1) is 42.0 Å². The molecule has 8 nitrogen and oxygen atoms in total. The standard InChI is InChI=1S/C31H35Cl2N3O5/c1-4-41-31(38)25(35-30(37)29-23(32)6-5-7-24(29)33)16-20-8-10-22(11-9-20)28-26(39-2)17-21(18-27(28)40-3)19-36-14-12-34-13-15-36/h5-11,17-18,25,34H,4,12-16,19H2,1-3H3,(H,35,37)/t25-/m0/s1. The first-order valence-electron chi connectivity index (χ1n) is 13.5. The Labute approximate surface area is 250 Å². The number of benzene rings is 3. The summed E-state index contributed by atoms with van der Waals surface area (Å²) in [5, 5.41) is 6.51. The number of nitrogens with one attached hydrogen (secondary N) is 2. The Balaban J connectivity index is 1.55. The second-order valence-corrected chi connectivity index (χ2v) is 10.5. The molecule has 41 heavy (non-hydrogen) atoms. The first-order valence-corrected chi connectivity index (χ1v) is 14.3. The maximum absolute atomic E-state index is 13.0. The van der Waals surface area contributed by atoms with E-state index in [1.165, 1.54) is 0 Å². The van der Waals surface area contributed by atoms with Crippen molar-refractivity contribution in [1.82, 2.24) is 15.5 Å². The molecule has 218 valence electrons. The number of nitrogens with zero attached hydrogens (tertiary/aromatic N) is 1. The van der Waals surface area contributed by atoms with Gasteiger partial charge in [0.1, 0.15) is 17.5 Å². The van der Waals surface area contributed by atoms with Crippen LogP contribution in [0.5, 0.6) is 11.5 Å². The number of esters is 1. The summed E-state index contributed by atoms with van der Waals surface area (Å²) in [7, 11) is 3.30. The van der Waals surface area contributed by atoms with Crippen LogP contribution in [0.2, 0.25) is 10.0 Å². The summed E-state index contributed by atoms with van der Waals surface area (Å²) in [4.78, 5) is 28.2. The Hall–Kier alpha value is -3.30. The van der Waals surface area contributed by atoms with E-state index in [1.54, 1.807) is 39.3 Å². The van der Waals surface area contributed by atoms with Crippen molar-refractivity contribution >= 4 is 35.1 Å². The molecule has 1 aliphatic rings. The van der Waals surface area contributed by atoms with Gasteiger partial charge < -0.3 is 24.8 Å². The van der Waals surface area contributed by atoms with E-state index >= 15 is 0 Å². The molecule has 10 heteroatoms. The number of rotatable bonds is 11. The second kappa shape index (κ2) is 14.5. The number of halogens is 2. The number of carbonyl (C=O) groups excluding carboxylic acids is 2. The van der Waals surface area contributed by atoms with Crippen LogP contribution in [0.25, 0.3) is 11.1 Å². The smallest absolute Gasteiger partial charge is 0.328 e. The van der Waals surface area contributed by atoms with Crippen molar-refractivity contribution in [2.45, 2.75) is 25.9 Å². The number of carbonyl (C=O) groups is 2. The Morgan fingerprint density at radius 1 is 0.951 bits per heavy atom. The summed E-state index contributed by atoms with van der Waals surface area (Å²) in [5.74, 6) is 0.341. The molecule has 4 rings (SSSR count). The molecule has 1 heterocycles. The van der Waals surface area contributed by atoms with E-state index in [9.17, 15) is 9.59 Å². The number of amides is 1. The van der Waals surface area contributed by atoms with Crippen molar-refractivity contribution in [2.75, 3.05) is 47.0 Å². The fraction of sp³-hybridized carbons (Fsp3) is 0.355. The highest BCUT2D eigenvalue weighted by atomic mass is 35.5. The summed E-state index contributed by atoms with van der Waals surface area (Å²) in [5.41, 5.74) is 3.79. The van der Waals surface area contributed by atoms with Gasteiger partial charge >= 0.3 is 5.97 Å². The maximum Gasteiger partial charge on any atom is 0.328 e. The van der Waals surface area contributed by atoms with Crippen molar-refractivity contribution in [1.29, 1.82) is 0 Å². The van der Waals surface area contributed by atoms with Crippen LogP contribution in [-0.4, -0.2) is 69.8 Å². The molecule has 1 amide bonds. The maximum atomic E-state index is 13.0. The van der Waals surface area contributed by atoms with Gasteiger partial charge in [-0.1, -0.05) is 53.5 Å². The highest BCUT2D eigenvalue weighted by molar-refractivity contribution is 6.39. The predicted octanol–water partition coefficient (Wildman–Crippen LogP) is 4.99. The van der Waals surface area contributed by atoms with E-state index in [1.807, 2.05) is 24.3 Å². The van der Waals surface area contributed by atoms with Crippen molar-refractivity contribution in [3.05, 3.63) is 81.3 Å². The lowest BCUT2D eigenvalue weighted by Crippen LogP contribution is -2.43. The Bertz CT molecular complexity index is 1320. The van der Waals surface area contributed by atoms with Crippen molar-refractivity contribution < 1.29 is 23.8 Å². The number of piperazine rings is 1. The lowest BCUT2D eigenvalue weighted by Gasteiger charge is -2.27. The zero-order valence-electron chi connectivity index (χ0n) is 23.5. The van der Waals surface area contributed by atoms with Crippen LogP contribution in [0.3, 0.4) is 0 Å². The van der Waals surface area contributed by atoms with Crippen molar-refractivity contribution in [2.24, 2.45) is 0 Å². The Morgan fingerprint density at radius 3 is 2.12 bits per heavy atom. The normalized spacial score (nSPS) is 14.3. The van der Waals surface area contributed by atoms with E-state index in [2.05, 4.69) is 27.7 Å². The first kappa shape index (κ1) is 30.7. The van der Waals surface area contributed by atoms with E-state index in [0.717, 1.165) is 66.5 Å². The number of hydrogen-bond donors (Lipinski definition) is 2. The average molecular weight is 601 g/mol. The number of ether oxygens (including phenoxy) is 3. The summed E-state index contributed by atoms with van der Waals surface area (Å²) >= 11 is 12.4. The number of hydrogen-bond acceptors (Lipinski definition) is 7. The zero-order valence-corrected chi connectivity index (χ0v) is 25.0. The molecule has 1 atom stereocenters. The fourth-order valence-corrected chi connectivity index (χ4v) is 5.46. The quantitative estimate of drug-likeness (QED) is 0.300. The fourth-order valence-electron chi connectivity index (χ4n) is 4.89. The summed E-state index contributed by atoms with van der Waals surface area (Å²) in [6, 6.07) is 15.7. The molecule has 1 saturated heterocycles. The van der Waals surface area contributed by atoms with Gasteiger partial charge in [-0.2, -0.15) is 0 Å². The van der Waals surface area contributed by atoms with Crippen LogP contribution < -0.4 is 20.1 Å². The summed E-state index contributed by atoms with van der Waals surface area (Å²) in [6.07, 6.45) is 0.213. The van der Waals surface area contributed by atoms with E-state index in [0.29, 0.717) is 0 Å². The molecule has 0 bridgehead atoms.